The first kappa shape index (κ1) is 22.2. The summed E-state index contributed by atoms with van der Waals surface area (Å²) in [6.45, 7) is 2.88. The average Bonchev–Trinajstić information content (AvgIpc) is 2.71. The number of hydrogen-bond acceptors (Lipinski definition) is 6. The number of halogens is 1. The van der Waals surface area contributed by atoms with Crippen LogP contribution in [0.5, 0.6) is 5.75 Å². The van der Waals surface area contributed by atoms with Gasteiger partial charge in [-0.15, -0.1) is 0 Å². The molecule has 0 heterocycles. The van der Waals surface area contributed by atoms with Crippen LogP contribution < -0.4 is 10.1 Å². The van der Waals surface area contributed by atoms with E-state index in [-0.39, 0.29) is 6.54 Å². The number of methoxy groups -OCH3 is 1. The Bertz CT molecular complexity index is 862. The molecule has 0 unspecified atom stereocenters. The molecule has 0 bridgehead atoms. The molecule has 0 saturated heterocycles. The summed E-state index contributed by atoms with van der Waals surface area (Å²) in [6.07, 6.45) is 0. The summed E-state index contributed by atoms with van der Waals surface area (Å²) < 4.78 is 15.3. The van der Waals surface area contributed by atoms with Gasteiger partial charge in [-0.25, -0.2) is 9.59 Å². The number of hydrogen-bond donors (Lipinski definition) is 1. The summed E-state index contributed by atoms with van der Waals surface area (Å²) >= 11 is 5.82. The Kier molecular flexibility index (Phi) is 7.61. The molecule has 2 rings (SSSR count). The highest BCUT2D eigenvalue weighted by Gasteiger charge is 2.32. The lowest BCUT2D eigenvalue weighted by Crippen LogP contribution is -2.41. The van der Waals surface area contributed by atoms with Crippen LogP contribution in [0.4, 0.5) is 0 Å². The van der Waals surface area contributed by atoms with E-state index in [1.807, 2.05) is 0 Å². The fourth-order valence-electron chi connectivity index (χ4n) is 2.27. The fourth-order valence-corrected chi connectivity index (χ4v) is 2.40. The summed E-state index contributed by atoms with van der Waals surface area (Å²) in [6, 6.07) is 13.1. The van der Waals surface area contributed by atoms with E-state index in [1.54, 1.807) is 62.4 Å². The Hall–Kier alpha value is -3.06. The molecule has 8 heteroatoms. The van der Waals surface area contributed by atoms with Crippen molar-refractivity contribution in [2.24, 2.45) is 0 Å². The van der Waals surface area contributed by atoms with Gasteiger partial charge < -0.3 is 19.5 Å². The van der Waals surface area contributed by atoms with Gasteiger partial charge in [0.1, 0.15) is 5.75 Å². The van der Waals surface area contributed by atoms with Crippen LogP contribution in [0.15, 0.2) is 48.5 Å². The molecule has 154 valence electrons. The Morgan fingerprint density at radius 1 is 1.00 bits per heavy atom. The Labute approximate surface area is 173 Å². The van der Waals surface area contributed by atoms with Crippen molar-refractivity contribution in [3.63, 3.8) is 0 Å². The van der Waals surface area contributed by atoms with Gasteiger partial charge in [-0.2, -0.15) is 0 Å². The van der Waals surface area contributed by atoms with Gasteiger partial charge in [0.2, 0.25) is 0 Å². The SMILES string of the molecule is COC(=O)c1ccc(CNC(=O)COC(=O)C(C)(C)Oc2ccc(Cl)cc2)cc1. The topological polar surface area (TPSA) is 90.9 Å². The lowest BCUT2D eigenvalue weighted by Gasteiger charge is -2.24. The zero-order valence-corrected chi connectivity index (χ0v) is 17.1. The number of benzene rings is 2. The van der Waals surface area contributed by atoms with Gasteiger partial charge in [-0.05, 0) is 55.8 Å². The summed E-state index contributed by atoms with van der Waals surface area (Å²) in [5.74, 6) is -1.12. The molecule has 0 radical (unpaired) electrons. The van der Waals surface area contributed by atoms with E-state index in [1.165, 1.54) is 7.11 Å². The van der Waals surface area contributed by atoms with Crippen LogP contribution in [0.3, 0.4) is 0 Å². The van der Waals surface area contributed by atoms with E-state index in [0.29, 0.717) is 16.3 Å². The van der Waals surface area contributed by atoms with Crippen LogP contribution in [0.2, 0.25) is 5.02 Å². The first-order valence-corrected chi connectivity index (χ1v) is 9.15. The van der Waals surface area contributed by atoms with E-state index in [9.17, 15) is 14.4 Å². The summed E-state index contributed by atoms with van der Waals surface area (Å²) in [5, 5.41) is 3.19. The number of carbonyl (C=O) groups is 3. The van der Waals surface area contributed by atoms with Crippen molar-refractivity contribution in [1.82, 2.24) is 5.32 Å². The minimum absolute atomic E-state index is 0.225. The van der Waals surface area contributed by atoms with Crippen molar-refractivity contribution in [2.45, 2.75) is 26.0 Å². The van der Waals surface area contributed by atoms with Crippen molar-refractivity contribution >= 4 is 29.4 Å². The molecule has 1 amide bonds. The third kappa shape index (κ3) is 6.80. The van der Waals surface area contributed by atoms with Gasteiger partial charge in [0.05, 0.1) is 12.7 Å². The molecule has 0 aromatic heterocycles. The standard InChI is InChI=1S/C21H22ClNO6/c1-21(2,29-17-10-8-16(22)9-11-17)20(26)28-13-18(24)23-12-14-4-6-15(7-5-14)19(25)27-3/h4-11H,12-13H2,1-3H3,(H,23,24). The number of carbonyl (C=O) groups excluding carboxylic acids is 3. The van der Waals surface area contributed by atoms with Crippen LogP contribution in [0, 0.1) is 0 Å². The number of rotatable bonds is 8. The van der Waals surface area contributed by atoms with Crippen molar-refractivity contribution in [3.8, 4) is 5.75 Å². The Morgan fingerprint density at radius 3 is 2.21 bits per heavy atom. The van der Waals surface area contributed by atoms with Crippen molar-refractivity contribution in [2.75, 3.05) is 13.7 Å². The molecule has 0 spiro atoms. The average molecular weight is 420 g/mol. The number of amides is 1. The first-order valence-electron chi connectivity index (χ1n) is 8.77. The molecule has 0 fully saturated rings. The molecule has 0 atom stereocenters. The van der Waals surface area contributed by atoms with Gasteiger partial charge in [-0.3, -0.25) is 4.79 Å². The maximum atomic E-state index is 12.2. The van der Waals surface area contributed by atoms with Crippen LogP contribution in [-0.4, -0.2) is 37.2 Å². The predicted octanol–water partition coefficient (Wildman–Crippen LogP) is 3.14. The highest BCUT2D eigenvalue weighted by molar-refractivity contribution is 6.30. The highest BCUT2D eigenvalue weighted by atomic mass is 35.5. The second-order valence-electron chi connectivity index (χ2n) is 6.61. The largest absolute Gasteiger partial charge is 0.476 e. The van der Waals surface area contributed by atoms with Gasteiger partial charge in [-0.1, -0.05) is 23.7 Å². The quantitative estimate of drug-likeness (QED) is 0.661. The number of nitrogens with one attached hydrogen (secondary N) is 1. The lowest BCUT2D eigenvalue weighted by atomic mass is 10.1. The van der Waals surface area contributed by atoms with Crippen molar-refractivity contribution < 1.29 is 28.6 Å². The second kappa shape index (κ2) is 9.93. The van der Waals surface area contributed by atoms with Gasteiger partial charge in [0, 0.05) is 11.6 Å². The predicted molar refractivity (Wildman–Crippen MR) is 107 cm³/mol. The van der Waals surface area contributed by atoms with E-state index >= 15 is 0 Å². The number of ether oxygens (including phenoxy) is 3. The number of esters is 2. The zero-order valence-electron chi connectivity index (χ0n) is 16.4. The first-order chi connectivity index (χ1) is 13.7. The van der Waals surface area contributed by atoms with Crippen molar-refractivity contribution in [3.05, 3.63) is 64.7 Å². The van der Waals surface area contributed by atoms with E-state index in [4.69, 9.17) is 21.1 Å². The summed E-state index contributed by atoms with van der Waals surface area (Å²) in [5.41, 5.74) is -0.0826. The summed E-state index contributed by atoms with van der Waals surface area (Å²) in [4.78, 5) is 35.6. The normalized spacial score (nSPS) is 10.8. The van der Waals surface area contributed by atoms with Crippen molar-refractivity contribution in [1.29, 1.82) is 0 Å². The molecule has 0 aliphatic heterocycles. The lowest BCUT2D eigenvalue weighted by molar-refractivity contribution is -0.162. The maximum Gasteiger partial charge on any atom is 0.350 e. The van der Waals surface area contributed by atoms with Gasteiger partial charge in [0.25, 0.3) is 5.91 Å². The third-order valence-electron chi connectivity index (χ3n) is 3.88. The highest BCUT2D eigenvalue weighted by Crippen LogP contribution is 2.21. The minimum Gasteiger partial charge on any atom is -0.476 e. The van der Waals surface area contributed by atoms with Gasteiger partial charge >= 0.3 is 11.9 Å². The minimum atomic E-state index is -1.28. The van der Waals surface area contributed by atoms with Crippen LogP contribution in [-0.2, 0) is 25.6 Å². The zero-order chi connectivity index (χ0) is 21.4. The molecule has 7 nitrogen and oxygen atoms in total. The molecular formula is C21H22ClNO6. The Balaban J connectivity index is 1.79. The van der Waals surface area contributed by atoms with E-state index in [2.05, 4.69) is 10.1 Å². The molecular weight excluding hydrogens is 398 g/mol. The monoisotopic (exact) mass is 419 g/mol. The van der Waals surface area contributed by atoms with Crippen LogP contribution in [0.1, 0.15) is 29.8 Å². The van der Waals surface area contributed by atoms with Crippen LogP contribution in [0.25, 0.3) is 0 Å². The molecule has 1 N–H and O–H groups in total. The molecule has 0 aliphatic rings. The van der Waals surface area contributed by atoms with Gasteiger partial charge in [0.15, 0.2) is 12.2 Å². The van der Waals surface area contributed by atoms with Crippen LogP contribution >= 0.6 is 11.6 Å². The second-order valence-corrected chi connectivity index (χ2v) is 7.04. The fraction of sp³-hybridized carbons (Fsp3) is 0.286. The molecule has 0 saturated carbocycles. The molecule has 2 aromatic carbocycles. The third-order valence-corrected chi connectivity index (χ3v) is 4.13. The molecule has 2 aromatic rings. The molecule has 0 aliphatic carbocycles. The maximum absolute atomic E-state index is 12.2. The Morgan fingerprint density at radius 2 is 1.62 bits per heavy atom. The van der Waals surface area contributed by atoms with E-state index < -0.39 is 30.1 Å². The smallest absolute Gasteiger partial charge is 0.350 e. The summed E-state index contributed by atoms with van der Waals surface area (Å²) in [7, 11) is 1.31. The molecule has 29 heavy (non-hydrogen) atoms. The van der Waals surface area contributed by atoms with E-state index in [0.717, 1.165) is 5.56 Å².